The molecule has 0 saturated heterocycles. The molecule has 1 unspecified atom stereocenters. The Kier molecular flexibility index (Phi) is 5.92. The lowest BCUT2D eigenvalue weighted by molar-refractivity contribution is -0.116. The van der Waals surface area contributed by atoms with Crippen molar-refractivity contribution >= 4 is 33.1 Å². The first-order valence-electron chi connectivity index (χ1n) is 10.2. The SMILES string of the molecule is C=CCC(O)c1ccc(CCC(=O)Nc2cc3ccccc3c3ccccc23)cc1. The number of aryl methyl sites for hydroxylation is 1. The van der Waals surface area contributed by atoms with Crippen LogP contribution < -0.4 is 5.32 Å². The Hall–Kier alpha value is -3.43. The third-order valence-electron chi connectivity index (χ3n) is 5.44. The van der Waals surface area contributed by atoms with E-state index in [2.05, 4.69) is 30.1 Å². The molecule has 0 aromatic heterocycles. The highest BCUT2D eigenvalue weighted by Crippen LogP contribution is 2.32. The average Bonchev–Trinajstić information content (AvgIpc) is 2.78. The molecule has 3 nitrogen and oxygen atoms in total. The van der Waals surface area contributed by atoms with Gasteiger partial charge in [0.15, 0.2) is 0 Å². The minimum atomic E-state index is -0.527. The molecule has 30 heavy (non-hydrogen) atoms. The molecule has 1 atom stereocenters. The molecule has 4 aromatic rings. The molecule has 2 N–H and O–H groups in total. The predicted molar refractivity (Wildman–Crippen MR) is 125 cm³/mol. The van der Waals surface area contributed by atoms with E-state index in [4.69, 9.17) is 0 Å². The van der Waals surface area contributed by atoms with E-state index < -0.39 is 6.10 Å². The summed E-state index contributed by atoms with van der Waals surface area (Å²) in [6, 6.07) is 26.2. The molecule has 0 radical (unpaired) electrons. The van der Waals surface area contributed by atoms with Crippen LogP contribution in [-0.4, -0.2) is 11.0 Å². The highest BCUT2D eigenvalue weighted by molar-refractivity contribution is 6.15. The number of fused-ring (bicyclic) bond motifs is 3. The second-order valence-corrected chi connectivity index (χ2v) is 7.52. The van der Waals surface area contributed by atoms with Gasteiger partial charge in [-0.05, 0) is 46.2 Å². The van der Waals surface area contributed by atoms with Gasteiger partial charge in [-0.1, -0.05) is 78.9 Å². The average molecular weight is 396 g/mol. The Morgan fingerprint density at radius 3 is 2.33 bits per heavy atom. The van der Waals surface area contributed by atoms with Crippen molar-refractivity contribution in [3.05, 3.63) is 103 Å². The highest BCUT2D eigenvalue weighted by Gasteiger charge is 2.10. The van der Waals surface area contributed by atoms with Crippen molar-refractivity contribution in [2.24, 2.45) is 0 Å². The summed E-state index contributed by atoms with van der Waals surface area (Å²) in [7, 11) is 0. The summed E-state index contributed by atoms with van der Waals surface area (Å²) < 4.78 is 0. The van der Waals surface area contributed by atoms with Gasteiger partial charge in [-0.15, -0.1) is 6.58 Å². The molecule has 3 heteroatoms. The fraction of sp³-hybridized carbons (Fsp3) is 0.148. The minimum absolute atomic E-state index is 0.00815. The first kappa shape index (κ1) is 19.9. The van der Waals surface area contributed by atoms with Crippen LogP contribution in [0.3, 0.4) is 0 Å². The number of benzene rings is 4. The van der Waals surface area contributed by atoms with Gasteiger partial charge in [0.05, 0.1) is 6.10 Å². The van der Waals surface area contributed by atoms with Gasteiger partial charge in [0.25, 0.3) is 0 Å². The van der Waals surface area contributed by atoms with Crippen LogP contribution in [0.25, 0.3) is 21.5 Å². The maximum absolute atomic E-state index is 12.7. The van der Waals surface area contributed by atoms with Gasteiger partial charge in [-0.2, -0.15) is 0 Å². The Balaban J connectivity index is 1.48. The van der Waals surface area contributed by atoms with Crippen molar-refractivity contribution in [1.29, 1.82) is 0 Å². The number of hydrogen-bond donors (Lipinski definition) is 2. The van der Waals surface area contributed by atoms with Crippen molar-refractivity contribution in [2.75, 3.05) is 5.32 Å². The van der Waals surface area contributed by atoms with E-state index in [9.17, 15) is 9.90 Å². The van der Waals surface area contributed by atoms with E-state index in [1.807, 2.05) is 60.7 Å². The van der Waals surface area contributed by atoms with Gasteiger partial charge < -0.3 is 10.4 Å². The van der Waals surface area contributed by atoms with Crippen LogP contribution in [0.2, 0.25) is 0 Å². The lowest BCUT2D eigenvalue weighted by Gasteiger charge is -2.12. The van der Waals surface area contributed by atoms with Crippen molar-refractivity contribution < 1.29 is 9.90 Å². The molecule has 0 aliphatic carbocycles. The van der Waals surface area contributed by atoms with Crippen LogP contribution in [0.1, 0.15) is 30.1 Å². The Morgan fingerprint density at radius 1 is 0.933 bits per heavy atom. The highest BCUT2D eigenvalue weighted by atomic mass is 16.3. The van der Waals surface area contributed by atoms with Crippen molar-refractivity contribution in [3.63, 3.8) is 0 Å². The number of anilines is 1. The molecule has 0 spiro atoms. The van der Waals surface area contributed by atoms with Crippen LogP contribution in [0, 0.1) is 0 Å². The molecule has 0 fully saturated rings. The Morgan fingerprint density at radius 2 is 1.60 bits per heavy atom. The van der Waals surface area contributed by atoms with Crippen LogP contribution in [0.15, 0.2) is 91.5 Å². The first-order chi connectivity index (χ1) is 14.7. The quantitative estimate of drug-likeness (QED) is 0.290. The third kappa shape index (κ3) is 4.27. The molecule has 0 saturated carbocycles. The zero-order valence-electron chi connectivity index (χ0n) is 16.8. The standard InChI is InChI=1S/C27H25NO2/c1-2-7-26(29)20-15-12-19(13-16-20)14-17-27(30)28-25-18-21-8-3-4-9-22(21)23-10-5-6-11-24(23)25/h2-6,8-13,15-16,18,26,29H,1,7,14,17H2,(H,28,30). The van der Waals surface area contributed by atoms with E-state index in [-0.39, 0.29) is 5.91 Å². The molecule has 0 aliphatic heterocycles. The van der Waals surface area contributed by atoms with E-state index >= 15 is 0 Å². The molecule has 150 valence electrons. The summed E-state index contributed by atoms with van der Waals surface area (Å²) in [5, 5.41) is 17.6. The van der Waals surface area contributed by atoms with Crippen LogP contribution in [-0.2, 0) is 11.2 Å². The van der Waals surface area contributed by atoms with Gasteiger partial charge in [-0.25, -0.2) is 0 Å². The molecule has 0 heterocycles. The van der Waals surface area contributed by atoms with Gasteiger partial charge in [-0.3, -0.25) is 4.79 Å². The zero-order chi connectivity index (χ0) is 20.9. The second-order valence-electron chi connectivity index (χ2n) is 7.52. The normalized spacial score (nSPS) is 12.0. The van der Waals surface area contributed by atoms with E-state index in [1.165, 1.54) is 5.39 Å². The third-order valence-corrected chi connectivity index (χ3v) is 5.44. The number of carbonyl (C=O) groups excluding carboxylic acids is 1. The summed E-state index contributed by atoms with van der Waals surface area (Å²) in [4.78, 5) is 12.7. The summed E-state index contributed by atoms with van der Waals surface area (Å²) in [6.07, 6.45) is 2.76. The van der Waals surface area contributed by atoms with Crippen molar-refractivity contribution in [2.45, 2.75) is 25.4 Å². The molecule has 0 aliphatic rings. The van der Waals surface area contributed by atoms with E-state index in [0.717, 1.165) is 33.0 Å². The van der Waals surface area contributed by atoms with Gasteiger partial charge >= 0.3 is 0 Å². The Bertz CT molecular complexity index is 1190. The Labute approximate surface area is 176 Å². The second kappa shape index (κ2) is 8.93. The number of carbonyl (C=O) groups is 1. The monoisotopic (exact) mass is 395 g/mol. The molecule has 1 amide bonds. The van der Waals surface area contributed by atoms with Gasteiger partial charge in [0.2, 0.25) is 5.91 Å². The summed E-state index contributed by atoms with van der Waals surface area (Å²) in [5.74, 6) is -0.00815. The minimum Gasteiger partial charge on any atom is -0.388 e. The van der Waals surface area contributed by atoms with E-state index in [1.54, 1.807) is 6.08 Å². The number of rotatable bonds is 7. The predicted octanol–water partition coefficient (Wildman–Crippen LogP) is 6.17. The number of hydrogen-bond acceptors (Lipinski definition) is 2. The van der Waals surface area contributed by atoms with Crippen molar-refractivity contribution in [3.8, 4) is 0 Å². The number of amides is 1. The maximum Gasteiger partial charge on any atom is 0.224 e. The molecular weight excluding hydrogens is 370 g/mol. The van der Waals surface area contributed by atoms with Crippen LogP contribution in [0.4, 0.5) is 5.69 Å². The lowest BCUT2D eigenvalue weighted by atomic mass is 10.00. The fourth-order valence-corrected chi connectivity index (χ4v) is 3.83. The molecule has 0 bridgehead atoms. The van der Waals surface area contributed by atoms with Crippen molar-refractivity contribution in [1.82, 2.24) is 0 Å². The molecule has 4 aromatic carbocycles. The molecular formula is C27H25NO2. The fourth-order valence-electron chi connectivity index (χ4n) is 3.83. The summed E-state index contributed by atoms with van der Waals surface area (Å²) in [6.45, 7) is 3.66. The largest absolute Gasteiger partial charge is 0.388 e. The van der Waals surface area contributed by atoms with E-state index in [0.29, 0.717) is 19.3 Å². The number of aliphatic hydroxyl groups is 1. The van der Waals surface area contributed by atoms with Crippen LogP contribution >= 0.6 is 0 Å². The lowest BCUT2D eigenvalue weighted by Crippen LogP contribution is -2.12. The molecule has 4 rings (SSSR count). The smallest absolute Gasteiger partial charge is 0.224 e. The van der Waals surface area contributed by atoms with Crippen LogP contribution in [0.5, 0.6) is 0 Å². The summed E-state index contributed by atoms with van der Waals surface area (Å²) >= 11 is 0. The zero-order valence-corrected chi connectivity index (χ0v) is 16.8. The number of nitrogens with one attached hydrogen (secondary N) is 1. The van der Waals surface area contributed by atoms with Gasteiger partial charge in [0, 0.05) is 17.5 Å². The topological polar surface area (TPSA) is 49.3 Å². The maximum atomic E-state index is 12.7. The number of aliphatic hydroxyl groups excluding tert-OH is 1. The van der Waals surface area contributed by atoms with Gasteiger partial charge in [0.1, 0.15) is 0 Å². The summed E-state index contributed by atoms with van der Waals surface area (Å²) in [5.41, 5.74) is 2.78. The first-order valence-corrected chi connectivity index (χ1v) is 10.2.